The Morgan fingerprint density at radius 1 is 0.667 bits per heavy atom. The maximum absolute atomic E-state index is 12.3. The van der Waals surface area contributed by atoms with Crippen LogP contribution in [0.2, 0.25) is 0 Å². The molecule has 4 N–H and O–H groups in total. The Morgan fingerprint density at radius 3 is 2.08 bits per heavy atom. The molecule has 0 aromatic heterocycles. The van der Waals surface area contributed by atoms with Crippen molar-refractivity contribution in [2.45, 2.75) is 13.3 Å². The van der Waals surface area contributed by atoms with Crippen molar-refractivity contribution in [3.8, 4) is 0 Å². The molecule has 0 saturated heterocycles. The van der Waals surface area contributed by atoms with Crippen molar-refractivity contribution >= 4 is 57.0 Å². The van der Waals surface area contributed by atoms with Gasteiger partial charge in [0.05, 0.1) is 6.42 Å². The van der Waals surface area contributed by atoms with E-state index in [0.29, 0.717) is 17.1 Å². The highest BCUT2D eigenvalue weighted by Gasteiger charge is 2.15. The highest BCUT2D eigenvalue weighted by Crippen LogP contribution is 2.23. The molecule has 0 aliphatic carbocycles. The lowest BCUT2D eigenvalue weighted by molar-refractivity contribution is -0.136. The van der Waals surface area contributed by atoms with Crippen LogP contribution in [0.25, 0.3) is 10.8 Å². The first-order valence-corrected chi connectivity index (χ1v) is 11.3. The van der Waals surface area contributed by atoms with Crippen LogP contribution < -0.4 is 21.4 Å². The van der Waals surface area contributed by atoms with Crippen LogP contribution in [-0.2, 0) is 14.4 Å². The van der Waals surface area contributed by atoms with E-state index in [4.69, 9.17) is 0 Å². The van der Waals surface area contributed by atoms with E-state index in [-0.39, 0.29) is 12.3 Å². The molecule has 180 valence electrons. The van der Waals surface area contributed by atoms with Crippen LogP contribution in [0, 0.1) is 0 Å². The van der Waals surface area contributed by atoms with E-state index in [0.717, 1.165) is 22.1 Å². The van der Waals surface area contributed by atoms with Crippen LogP contribution in [0.4, 0.5) is 22.7 Å². The van der Waals surface area contributed by atoms with Gasteiger partial charge in [-0.25, -0.2) is 5.43 Å². The van der Waals surface area contributed by atoms with Gasteiger partial charge in [0.2, 0.25) is 5.91 Å². The summed E-state index contributed by atoms with van der Waals surface area (Å²) in [7, 11) is 0. The third-order valence-corrected chi connectivity index (χ3v) is 5.24. The number of carbonyl (C=O) groups is 3. The fourth-order valence-corrected chi connectivity index (χ4v) is 3.51. The van der Waals surface area contributed by atoms with Gasteiger partial charge >= 0.3 is 11.8 Å². The summed E-state index contributed by atoms with van der Waals surface area (Å²) < 4.78 is 0. The molecule has 8 nitrogen and oxygen atoms in total. The molecule has 0 heterocycles. The number of fused-ring (bicyclic) bond motifs is 1. The van der Waals surface area contributed by atoms with E-state index < -0.39 is 11.8 Å². The van der Waals surface area contributed by atoms with Crippen LogP contribution in [0.3, 0.4) is 0 Å². The number of rotatable bonds is 7. The maximum Gasteiger partial charge on any atom is 0.329 e. The third-order valence-electron chi connectivity index (χ3n) is 5.24. The first-order valence-electron chi connectivity index (χ1n) is 11.3. The molecule has 0 fully saturated rings. The van der Waals surface area contributed by atoms with Crippen LogP contribution in [-0.4, -0.2) is 23.4 Å². The summed E-state index contributed by atoms with van der Waals surface area (Å²) in [6.45, 7) is 1.59. The fourth-order valence-electron chi connectivity index (χ4n) is 3.51. The number of nitrogens with zero attached hydrogens (tertiary/aromatic N) is 1. The van der Waals surface area contributed by atoms with E-state index in [1.165, 1.54) is 0 Å². The molecule has 0 spiro atoms. The second-order valence-corrected chi connectivity index (χ2v) is 8.06. The Kier molecular flexibility index (Phi) is 7.67. The van der Waals surface area contributed by atoms with Gasteiger partial charge in [-0.1, -0.05) is 54.6 Å². The summed E-state index contributed by atoms with van der Waals surface area (Å²) in [5.74, 6) is -2.07. The molecule has 4 aromatic rings. The monoisotopic (exact) mass is 479 g/mol. The second kappa shape index (κ2) is 11.4. The van der Waals surface area contributed by atoms with E-state index in [1.54, 1.807) is 31.2 Å². The van der Waals surface area contributed by atoms with Gasteiger partial charge in [-0.15, -0.1) is 0 Å². The number of hydrogen-bond acceptors (Lipinski definition) is 5. The van der Waals surface area contributed by atoms with Gasteiger partial charge in [0, 0.05) is 33.8 Å². The zero-order chi connectivity index (χ0) is 25.3. The molecule has 0 bridgehead atoms. The molecule has 4 aromatic carbocycles. The molecule has 0 saturated carbocycles. The number of carbonyl (C=O) groups excluding carboxylic acids is 3. The number of anilines is 4. The minimum atomic E-state index is -0.927. The van der Waals surface area contributed by atoms with Crippen LogP contribution in [0.5, 0.6) is 0 Å². The molecule has 36 heavy (non-hydrogen) atoms. The second-order valence-electron chi connectivity index (χ2n) is 8.06. The molecule has 0 aliphatic rings. The Morgan fingerprint density at radius 2 is 1.31 bits per heavy atom. The molecule has 0 radical (unpaired) electrons. The zero-order valence-corrected chi connectivity index (χ0v) is 19.6. The summed E-state index contributed by atoms with van der Waals surface area (Å²) in [6.07, 6.45) is -0.0464. The summed E-state index contributed by atoms with van der Waals surface area (Å²) in [6, 6.07) is 30.0. The van der Waals surface area contributed by atoms with Gasteiger partial charge in [-0.05, 0) is 54.8 Å². The Hall–Kier alpha value is -4.98. The average molecular weight is 480 g/mol. The van der Waals surface area contributed by atoms with E-state index in [9.17, 15) is 14.4 Å². The summed E-state index contributed by atoms with van der Waals surface area (Å²) in [5, 5.41) is 14.3. The van der Waals surface area contributed by atoms with Gasteiger partial charge < -0.3 is 16.0 Å². The van der Waals surface area contributed by atoms with Gasteiger partial charge in [0.15, 0.2) is 0 Å². The number of nitrogens with one attached hydrogen (secondary N) is 4. The SMILES string of the molecule is C/C(CC(=O)Nc1ccc(Nc2ccccc2)cc1)=N\NC(=O)C(=O)Nc1cccc2ccccc12. The predicted molar refractivity (Wildman–Crippen MR) is 143 cm³/mol. The number of hydrazone groups is 1. The molecule has 8 heteroatoms. The minimum Gasteiger partial charge on any atom is -0.356 e. The zero-order valence-electron chi connectivity index (χ0n) is 19.6. The lowest BCUT2D eigenvalue weighted by Crippen LogP contribution is -2.33. The Labute approximate surface area is 208 Å². The third kappa shape index (κ3) is 6.54. The van der Waals surface area contributed by atoms with Crippen molar-refractivity contribution in [2.24, 2.45) is 5.10 Å². The minimum absolute atomic E-state index is 0.0464. The van der Waals surface area contributed by atoms with Crippen molar-refractivity contribution in [1.29, 1.82) is 0 Å². The molecule has 3 amide bonds. The number of amides is 3. The Balaban J connectivity index is 1.26. The largest absolute Gasteiger partial charge is 0.356 e. The van der Waals surface area contributed by atoms with Crippen molar-refractivity contribution in [1.82, 2.24) is 5.43 Å². The van der Waals surface area contributed by atoms with E-state index in [1.807, 2.05) is 72.8 Å². The summed E-state index contributed by atoms with van der Waals surface area (Å²) in [5.41, 5.74) is 5.56. The molecule has 4 rings (SSSR count). The average Bonchev–Trinajstić information content (AvgIpc) is 2.89. The van der Waals surface area contributed by atoms with Gasteiger partial charge in [-0.3, -0.25) is 14.4 Å². The highest BCUT2D eigenvalue weighted by atomic mass is 16.2. The van der Waals surface area contributed by atoms with Gasteiger partial charge in [0.1, 0.15) is 0 Å². The fraction of sp³-hybridized carbons (Fsp3) is 0.0714. The van der Waals surface area contributed by atoms with Gasteiger partial charge in [-0.2, -0.15) is 5.10 Å². The number of hydrogen-bond donors (Lipinski definition) is 4. The van der Waals surface area contributed by atoms with Crippen LogP contribution in [0.15, 0.2) is 102 Å². The molecule has 0 atom stereocenters. The molecular formula is C28H25N5O3. The summed E-state index contributed by atoms with van der Waals surface area (Å²) >= 11 is 0. The van der Waals surface area contributed by atoms with Crippen molar-refractivity contribution in [3.05, 3.63) is 97.1 Å². The topological polar surface area (TPSA) is 112 Å². The quantitative estimate of drug-likeness (QED) is 0.169. The standard InChI is InChI=1S/C28H25N5O3/c1-19(18-26(34)30-23-16-14-22(15-17-23)29-21-10-3-2-4-11-21)32-33-28(36)27(35)31-25-13-7-9-20-8-5-6-12-24(20)25/h2-17,29H,18H2,1H3,(H,30,34)(H,31,35)(H,33,36)/b32-19+. The van der Waals surface area contributed by atoms with Crippen LogP contribution >= 0.6 is 0 Å². The van der Waals surface area contributed by atoms with Crippen LogP contribution in [0.1, 0.15) is 13.3 Å². The molecular weight excluding hydrogens is 454 g/mol. The number of benzene rings is 4. The normalized spacial score (nSPS) is 11.0. The van der Waals surface area contributed by atoms with E-state index >= 15 is 0 Å². The number of para-hydroxylation sites is 1. The summed E-state index contributed by atoms with van der Waals surface area (Å²) in [4.78, 5) is 36.8. The van der Waals surface area contributed by atoms with Crippen molar-refractivity contribution < 1.29 is 14.4 Å². The lowest BCUT2D eigenvalue weighted by Gasteiger charge is -2.09. The molecule has 0 unspecified atom stereocenters. The van der Waals surface area contributed by atoms with Gasteiger partial charge in [0.25, 0.3) is 0 Å². The first-order chi connectivity index (χ1) is 17.5. The van der Waals surface area contributed by atoms with Crippen molar-refractivity contribution in [2.75, 3.05) is 16.0 Å². The van der Waals surface area contributed by atoms with Crippen molar-refractivity contribution in [3.63, 3.8) is 0 Å². The first kappa shape index (κ1) is 24.2. The Bertz CT molecular complexity index is 1410. The van der Waals surface area contributed by atoms with E-state index in [2.05, 4.69) is 26.5 Å². The maximum atomic E-state index is 12.3. The molecule has 0 aliphatic heterocycles. The predicted octanol–water partition coefficient (Wildman–Crippen LogP) is 5.04. The lowest BCUT2D eigenvalue weighted by atomic mass is 10.1. The smallest absolute Gasteiger partial charge is 0.329 e. The highest BCUT2D eigenvalue weighted by molar-refractivity contribution is 6.40.